The van der Waals surface area contributed by atoms with Gasteiger partial charge in [-0.2, -0.15) is 0 Å². The van der Waals surface area contributed by atoms with Crippen LogP contribution in [0.3, 0.4) is 0 Å². The number of nitrogens with zero attached hydrogens (tertiary/aromatic N) is 3. The van der Waals surface area contributed by atoms with Crippen LogP contribution in [-0.2, 0) is 0 Å². The quantitative estimate of drug-likeness (QED) is 0.327. The number of para-hydroxylation sites is 1. The second-order valence-corrected chi connectivity index (χ2v) is 9.05. The van der Waals surface area contributed by atoms with E-state index in [1.54, 1.807) is 23.6 Å². The van der Waals surface area contributed by atoms with E-state index in [4.69, 9.17) is 4.74 Å². The first-order valence-corrected chi connectivity index (χ1v) is 11.8. The third kappa shape index (κ3) is 4.96. The molecule has 0 saturated heterocycles. The minimum absolute atomic E-state index is 0.300. The highest BCUT2D eigenvalue weighted by Gasteiger charge is 2.25. The molecule has 1 aliphatic heterocycles. The Kier molecular flexibility index (Phi) is 6.97. The highest BCUT2D eigenvalue weighted by molar-refractivity contribution is 7.13. The van der Waals surface area contributed by atoms with E-state index < -0.39 is 0 Å². The Labute approximate surface area is 187 Å². The van der Waals surface area contributed by atoms with Crippen molar-refractivity contribution in [3.8, 4) is 16.3 Å². The molecule has 3 heterocycles. The van der Waals surface area contributed by atoms with Gasteiger partial charge in [0.15, 0.2) is 11.6 Å². The summed E-state index contributed by atoms with van der Waals surface area (Å²) in [7, 11) is 0. The summed E-state index contributed by atoms with van der Waals surface area (Å²) in [6.45, 7) is 5.51. The van der Waals surface area contributed by atoms with Gasteiger partial charge in [-0.15, -0.1) is 11.3 Å². The Morgan fingerprint density at radius 2 is 2.03 bits per heavy atom. The molecule has 4 nitrogen and oxygen atoms in total. The number of aromatic nitrogens is 1. The van der Waals surface area contributed by atoms with Crippen molar-refractivity contribution in [3.63, 3.8) is 0 Å². The molecule has 31 heavy (non-hydrogen) atoms. The number of ether oxygens (including phenoxy) is 1. The third-order valence-corrected chi connectivity index (χ3v) is 6.21. The lowest BCUT2D eigenvalue weighted by molar-refractivity contribution is 0.290. The van der Waals surface area contributed by atoms with Crippen LogP contribution in [0.15, 0.2) is 53.0 Å². The molecule has 0 amide bonds. The number of thiophene rings is 1. The van der Waals surface area contributed by atoms with Gasteiger partial charge in [-0.25, -0.2) is 4.39 Å². The van der Waals surface area contributed by atoms with Crippen molar-refractivity contribution in [3.05, 3.63) is 53.8 Å². The van der Waals surface area contributed by atoms with Crippen LogP contribution in [0.4, 0.5) is 21.5 Å². The van der Waals surface area contributed by atoms with Gasteiger partial charge in [0.05, 0.1) is 35.1 Å². The molecule has 162 valence electrons. The van der Waals surface area contributed by atoms with Gasteiger partial charge in [-0.3, -0.25) is 9.98 Å². The molecule has 0 N–H and O–H groups in total. The number of halogens is 1. The van der Waals surface area contributed by atoms with Crippen LogP contribution in [0.25, 0.3) is 10.6 Å². The molecule has 1 aliphatic rings. The fourth-order valence-electron chi connectivity index (χ4n) is 3.80. The van der Waals surface area contributed by atoms with E-state index in [0.29, 0.717) is 30.5 Å². The van der Waals surface area contributed by atoms with Gasteiger partial charge in [-0.05, 0) is 42.0 Å². The molecule has 0 bridgehead atoms. The predicted molar refractivity (Wildman–Crippen MR) is 128 cm³/mol. The van der Waals surface area contributed by atoms with E-state index in [2.05, 4.69) is 28.7 Å². The van der Waals surface area contributed by atoms with Gasteiger partial charge < -0.3 is 9.64 Å². The summed E-state index contributed by atoms with van der Waals surface area (Å²) in [5, 5.41) is 2.03. The predicted octanol–water partition coefficient (Wildman–Crippen LogP) is 7.40. The lowest BCUT2D eigenvalue weighted by Crippen LogP contribution is -2.24. The van der Waals surface area contributed by atoms with Crippen LogP contribution in [0, 0.1) is 11.7 Å². The van der Waals surface area contributed by atoms with Gasteiger partial charge in [0.1, 0.15) is 5.69 Å². The third-order valence-electron chi connectivity index (χ3n) is 5.33. The number of rotatable bonds is 9. The minimum Gasteiger partial charge on any atom is -0.488 e. The summed E-state index contributed by atoms with van der Waals surface area (Å²) in [5.41, 5.74) is 3.28. The van der Waals surface area contributed by atoms with Crippen LogP contribution >= 0.6 is 11.3 Å². The largest absolute Gasteiger partial charge is 0.488 e. The van der Waals surface area contributed by atoms with Gasteiger partial charge in [0.2, 0.25) is 0 Å². The highest BCUT2D eigenvalue weighted by Crippen LogP contribution is 2.46. The molecule has 0 unspecified atom stereocenters. The number of hydrogen-bond acceptors (Lipinski definition) is 5. The molecular formula is C25H28FN3OS. The first-order valence-electron chi connectivity index (χ1n) is 10.9. The molecule has 4 rings (SSSR count). The zero-order valence-electron chi connectivity index (χ0n) is 18.1. The summed E-state index contributed by atoms with van der Waals surface area (Å²) in [5.74, 6) is 0.671. The molecule has 1 aromatic carbocycles. The summed E-state index contributed by atoms with van der Waals surface area (Å²) in [6.07, 6.45) is 8.02. The van der Waals surface area contributed by atoms with Crippen molar-refractivity contribution in [2.24, 2.45) is 10.9 Å². The number of hydrogen-bond donors (Lipinski definition) is 0. The van der Waals surface area contributed by atoms with Crippen LogP contribution in [0.2, 0.25) is 0 Å². The monoisotopic (exact) mass is 437 g/mol. The summed E-state index contributed by atoms with van der Waals surface area (Å²) >= 11 is 1.63. The van der Waals surface area contributed by atoms with E-state index in [9.17, 15) is 4.39 Å². The van der Waals surface area contributed by atoms with Gasteiger partial charge in [-0.1, -0.05) is 45.2 Å². The van der Waals surface area contributed by atoms with Gasteiger partial charge in [0.25, 0.3) is 0 Å². The maximum absolute atomic E-state index is 14.8. The fourth-order valence-corrected chi connectivity index (χ4v) is 4.52. The summed E-state index contributed by atoms with van der Waals surface area (Å²) in [6, 6.07) is 11.0. The Morgan fingerprint density at radius 1 is 1.13 bits per heavy atom. The van der Waals surface area contributed by atoms with Gasteiger partial charge in [0, 0.05) is 12.4 Å². The van der Waals surface area contributed by atoms with Crippen molar-refractivity contribution in [1.82, 2.24) is 4.98 Å². The van der Waals surface area contributed by atoms with Gasteiger partial charge >= 0.3 is 0 Å². The normalized spacial score (nSPS) is 13.0. The smallest absolute Gasteiger partial charge is 0.178 e. The highest BCUT2D eigenvalue weighted by atomic mass is 32.1. The number of unbranched alkanes of at least 4 members (excludes halogenated alkanes) is 2. The molecule has 0 atom stereocenters. The Bertz CT molecular complexity index is 1030. The lowest BCUT2D eigenvalue weighted by Gasteiger charge is -2.30. The van der Waals surface area contributed by atoms with Crippen LogP contribution < -0.4 is 9.64 Å². The number of pyridine rings is 1. The minimum atomic E-state index is -0.342. The Hall–Kier alpha value is -2.73. The van der Waals surface area contributed by atoms with E-state index in [1.807, 2.05) is 35.9 Å². The van der Waals surface area contributed by atoms with Crippen molar-refractivity contribution in [1.29, 1.82) is 0 Å². The molecular weight excluding hydrogens is 409 g/mol. The Balaban J connectivity index is 1.60. The lowest BCUT2D eigenvalue weighted by atomic mass is 10.1. The Morgan fingerprint density at radius 3 is 2.84 bits per heavy atom. The van der Waals surface area contributed by atoms with E-state index in [0.717, 1.165) is 34.8 Å². The first-order chi connectivity index (χ1) is 15.1. The first kappa shape index (κ1) is 21.5. The molecule has 0 aliphatic carbocycles. The molecule has 2 aromatic heterocycles. The molecule has 6 heteroatoms. The average molecular weight is 438 g/mol. The number of fused-ring (bicyclic) bond motifs is 1. The molecule has 0 saturated carbocycles. The SMILES string of the molecule is CC(C)CCCCCOc1c(F)cccc1N1CC=Nc2ccnc(-c3cccs3)c21. The number of aliphatic imine (C=N–C) groups is 1. The zero-order valence-corrected chi connectivity index (χ0v) is 18.9. The van der Waals surface area contributed by atoms with Crippen LogP contribution in [0.1, 0.15) is 39.5 Å². The summed E-state index contributed by atoms with van der Waals surface area (Å²) in [4.78, 5) is 12.3. The van der Waals surface area contributed by atoms with Crippen molar-refractivity contribution in [2.45, 2.75) is 39.5 Å². The molecule has 0 spiro atoms. The van der Waals surface area contributed by atoms with E-state index >= 15 is 0 Å². The standard InChI is InChI=1S/C25H28FN3OS/c1-18(2)8-4-3-5-16-30-25-19(26)9-6-10-21(25)29-15-14-27-20-12-13-28-23(24(20)29)22-11-7-17-31-22/h6-7,9-14,17-18H,3-5,8,15-16H2,1-2H3. The fraction of sp³-hybridized carbons (Fsp3) is 0.360. The van der Waals surface area contributed by atoms with Crippen LogP contribution in [0.5, 0.6) is 5.75 Å². The van der Waals surface area contributed by atoms with E-state index in [-0.39, 0.29) is 5.82 Å². The maximum atomic E-state index is 14.8. The van der Waals surface area contributed by atoms with E-state index in [1.165, 1.54) is 18.9 Å². The zero-order chi connectivity index (χ0) is 21.6. The average Bonchev–Trinajstić information content (AvgIpc) is 3.31. The van der Waals surface area contributed by atoms with Crippen molar-refractivity contribution < 1.29 is 9.13 Å². The van der Waals surface area contributed by atoms with Crippen LogP contribution in [-0.4, -0.2) is 24.4 Å². The summed E-state index contributed by atoms with van der Waals surface area (Å²) < 4.78 is 20.8. The van der Waals surface area contributed by atoms with Crippen molar-refractivity contribution in [2.75, 3.05) is 18.1 Å². The maximum Gasteiger partial charge on any atom is 0.178 e. The number of anilines is 2. The topological polar surface area (TPSA) is 37.7 Å². The number of benzene rings is 1. The molecule has 0 radical (unpaired) electrons. The second-order valence-electron chi connectivity index (χ2n) is 8.11. The molecule has 0 fully saturated rings. The molecule has 3 aromatic rings. The second kappa shape index (κ2) is 10.1. The van der Waals surface area contributed by atoms with Crippen molar-refractivity contribution >= 4 is 34.6 Å².